The second-order valence-corrected chi connectivity index (χ2v) is 7.31. The minimum Gasteiger partial charge on any atom is -0.444 e. The van der Waals surface area contributed by atoms with Crippen molar-refractivity contribution in [2.24, 2.45) is 0 Å². The van der Waals surface area contributed by atoms with E-state index in [1.807, 2.05) is 44.2 Å². The van der Waals surface area contributed by atoms with Crippen LogP contribution in [-0.2, 0) is 25.4 Å². The van der Waals surface area contributed by atoms with E-state index >= 15 is 0 Å². The molecule has 0 aromatic heterocycles. The zero-order valence-electron chi connectivity index (χ0n) is 17.6. The maximum atomic E-state index is 12.7. The Hall–Kier alpha value is -2.12. The van der Waals surface area contributed by atoms with Crippen LogP contribution in [0.25, 0.3) is 0 Å². The smallest absolute Gasteiger partial charge is 0.408 e. The summed E-state index contributed by atoms with van der Waals surface area (Å²) in [7, 11) is 0. The number of benzene rings is 1. The first-order valence-corrected chi connectivity index (χ1v) is 9.79. The van der Waals surface area contributed by atoms with Gasteiger partial charge in [-0.25, -0.2) is 4.79 Å². The molecule has 7 nitrogen and oxygen atoms in total. The highest BCUT2D eigenvalue weighted by molar-refractivity contribution is 5.86. The molecule has 0 spiro atoms. The van der Waals surface area contributed by atoms with Crippen LogP contribution in [0.15, 0.2) is 30.3 Å². The highest BCUT2D eigenvalue weighted by Gasteiger charge is 2.24. The normalized spacial score (nSPS) is 12.5. The predicted octanol–water partition coefficient (Wildman–Crippen LogP) is 3.03. The van der Waals surface area contributed by atoms with Gasteiger partial charge in [-0.1, -0.05) is 30.3 Å². The number of alkyl carbamates (subject to hydrolysis) is 1. The molecule has 1 atom stereocenters. The minimum absolute atomic E-state index is 0.276. The average molecular weight is 395 g/mol. The van der Waals surface area contributed by atoms with Crippen molar-refractivity contribution in [1.82, 2.24) is 10.6 Å². The summed E-state index contributed by atoms with van der Waals surface area (Å²) in [4.78, 5) is 24.8. The van der Waals surface area contributed by atoms with Gasteiger partial charge >= 0.3 is 6.09 Å². The number of carbonyl (C=O) groups excluding carboxylic acids is 2. The molecule has 0 aliphatic rings. The van der Waals surface area contributed by atoms with Crippen molar-refractivity contribution in [3.8, 4) is 0 Å². The van der Waals surface area contributed by atoms with E-state index in [9.17, 15) is 9.59 Å². The van der Waals surface area contributed by atoms with E-state index in [4.69, 9.17) is 14.2 Å². The number of hydrogen-bond donors (Lipinski definition) is 2. The van der Waals surface area contributed by atoms with E-state index in [0.717, 1.165) is 5.56 Å². The lowest BCUT2D eigenvalue weighted by atomic mass is 10.1. The van der Waals surface area contributed by atoms with E-state index in [1.165, 1.54) is 0 Å². The van der Waals surface area contributed by atoms with E-state index in [1.54, 1.807) is 20.8 Å². The van der Waals surface area contributed by atoms with E-state index in [2.05, 4.69) is 10.6 Å². The molecule has 28 heavy (non-hydrogen) atoms. The van der Waals surface area contributed by atoms with Crippen molar-refractivity contribution in [1.29, 1.82) is 0 Å². The van der Waals surface area contributed by atoms with Gasteiger partial charge in [0.15, 0.2) is 6.29 Å². The van der Waals surface area contributed by atoms with Gasteiger partial charge in [0.05, 0.1) is 0 Å². The highest BCUT2D eigenvalue weighted by atomic mass is 16.7. The Labute approximate surface area is 168 Å². The Morgan fingerprint density at radius 3 is 2.18 bits per heavy atom. The van der Waals surface area contributed by atoms with Crippen LogP contribution in [0, 0.1) is 0 Å². The van der Waals surface area contributed by atoms with Crippen LogP contribution in [0.1, 0.15) is 46.6 Å². The summed E-state index contributed by atoms with van der Waals surface area (Å²) in [6.45, 7) is 10.6. The molecular weight excluding hydrogens is 360 g/mol. The summed E-state index contributed by atoms with van der Waals surface area (Å²) < 4.78 is 16.2. The van der Waals surface area contributed by atoms with Crippen LogP contribution in [0.5, 0.6) is 0 Å². The van der Waals surface area contributed by atoms with Crippen molar-refractivity contribution in [3.63, 3.8) is 0 Å². The van der Waals surface area contributed by atoms with Crippen molar-refractivity contribution in [3.05, 3.63) is 35.9 Å². The molecule has 0 unspecified atom stereocenters. The minimum atomic E-state index is -0.741. The molecule has 0 aliphatic heterocycles. The lowest BCUT2D eigenvalue weighted by Crippen LogP contribution is -2.49. The topological polar surface area (TPSA) is 85.9 Å². The molecule has 0 aliphatic carbocycles. The van der Waals surface area contributed by atoms with E-state index in [0.29, 0.717) is 32.6 Å². The summed E-state index contributed by atoms with van der Waals surface area (Å²) in [5.41, 5.74) is 0.306. The van der Waals surface area contributed by atoms with Crippen LogP contribution in [-0.4, -0.2) is 49.7 Å². The number of amides is 2. The van der Waals surface area contributed by atoms with Gasteiger partial charge in [-0.15, -0.1) is 0 Å². The van der Waals surface area contributed by atoms with Crippen LogP contribution >= 0.6 is 0 Å². The van der Waals surface area contributed by atoms with Crippen molar-refractivity contribution in [2.45, 2.75) is 65.4 Å². The van der Waals surface area contributed by atoms with Crippen LogP contribution < -0.4 is 10.6 Å². The first kappa shape index (κ1) is 23.9. The van der Waals surface area contributed by atoms with Crippen molar-refractivity contribution in [2.75, 3.05) is 19.8 Å². The molecule has 0 saturated carbocycles. The molecule has 7 heteroatoms. The number of nitrogens with one attached hydrogen (secondary N) is 2. The lowest BCUT2D eigenvalue weighted by Gasteiger charge is -2.24. The Morgan fingerprint density at radius 2 is 1.64 bits per heavy atom. The van der Waals surface area contributed by atoms with Crippen LogP contribution in [0.4, 0.5) is 4.79 Å². The Kier molecular flexibility index (Phi) is 10.6. The predicted molar refractivity (Wildman–Crippen MR) is 108 cm³/mol. The molecule has 2 N–H and O–H groups in total. The molecule has 0 saturated heterocycles. The van der Waals surface area contributed by atoms with E-state index < -0.39 is 17.7 Å². The lowest BCUT2D eigenvalue weighted by molar-refractivity contribution is -0.140. The summed E-state index contributed by atoms with van der Waals surface area (Å²) in [5.74, 6) is -0.276. The zero-order valence-corrected chi connectivity index (χ0v) is 17.6. The number of hydrogen-bond acceptors (Lipinski definition) is 5. The Balaban J connectivity index is 2.68. The second kappa shape index (κ2) is 12.4. The molecule has 2 amide bonds. The highest BCUT2D eigenvalue weighted by Crippen LogP contribution is 2.09. The molecule has 0 fully saturated rings. The zero-order chi connectivity index (χ0) is 21.0. The largest absolute Gasteiger partial charge is 0.444 e. The fraction of sp³-hybridized carbons (Fsp3) is 0.619. The van der Waals surface area contributed by atoms with Gasteiger partial charge in [0.1, 0.15) is 11.6 Å². The van der Waals surface area contributed by atoms with Crippen LogP contribution in [0.3, 0.4) is 0 Å². The average Bonchev–Trinajstić information content (AvgIpc) is 2.60. The van der Waals surface area contributed by atoms with Gasteiger partial charge in [0.25, 0.3) is 0 Å². The van der Waals surface area contributed by atoms with Gasteiger partial charge in [0, 0.05) is 32.6 Å². The Morgan fingerprint density at radius 1 is 1.04 bits per heavy atom. The second-order valence-electron chi connectivity index (χ2n) is 7.31. The monoisotopic (exact) mass is 394 g/mol. The number of rotatable bonds is 11. The molecule has 1 aromatic carbocycles. The third-order valence-corrected chi connectivity index (χ3v) is 3.67. The first-order valence-electron chi connectivity index (χ1n) is 9.79. The SMILES string of the molecule is CCOC(CCNC(=O)[C@H](Cc1ccccc1)NC(=O)OC(C)(C)C)OCC. The molecule has 1 aromatic rings. The molecule has 0 heterocycles. The summed E-state index contributed by atoms with van der Waals surface area (Å²) in [5, 5.41) is 5.52. The first-order chi connectivity index (χ1) is 13.2. The van der Waals surface area contributed by atoms with Gasteiger partial charge in [-0.05, 0) is 40.2 Å². The quantitative estimate of drug-likeness (QED) is 0.564. The Bertz CT molecular complexity index is 580. The number of ether oxygens (including phenoxy) is 3. The van der Waals surface area contributed by atoms with Crippen LogP contribution in [0.2, 0.25) is 0 Å². The molecule has 0 bridgehead atoms. The third-order valence-electron chi connectivity index (χ3n) is 3.67. The molecule has 158 valence electrons. The van der Waals surface area contributed by atoms with Gasteiger partial charge < -0.3 is 24.8 Å². The van der Waals surface area contributed by atoms with Gasteiger partial charge in [0.2, 0.25) is 5.91 Å². The van der Waals surface area contributed by atoms with Gasteiger partial charge in [-0.2, -0.15) is 0 Å². The summed E-state index contributed by atoms with van der Waals surface area (Å²) in [6.07, 6.45) is -0.0868. The third kappa shape index (κ3) is 10.3. The maximum absolute atomic E-state index is 12.7. The van der Waals surface area contributed by atoms with Crippen molar-refractivity contribution >= 4 is 12.0 Å². The summed E-state index contributed by atoms with van der Waals surface area (Å²) >= 11 is 0. The fourth-order valence-electron chi connectivity index (χ4n) is 2.53. The van der Waals surface area contributed by atoms with E-state index in [-0.39, 0.29) is 12.2 Å². The standard InChI is InChI=1S/C21H34N2O5/c1-6-26-18(27-7-2)13-14-22-19(24)17(15-16-11-9-8-10-12-16)23-20(25)28-21(3,4)5/h8-12,17-18H,6-7,13-15H2,1-5H3,(H,22,24)(H,23,25)/t17-/m0/s1. The maximum Gasteiger partial charge on any atom is 0.408 e. The van der Waals surface area contributed by atoms with Crippen molar-refractivity contribution < 1.29 is 23.8 Å². The summed E-state index contributed by atoms with van der Waals surface area (Å²) in [6, 6.07) is 8.78. The fourth-order valence-corrected chi connectivity index (χ4v) is 2.53. The molecule has 1 rings (SSSR count). The van der Waals surface area contributed by atoms with Gasteiger partial charge in [-0.3, -0.25) is 4.79 Å². The number of carbonyl (C=O) groups is 2. The molecule has 0 radical (unpaired) electrons. The molecular formula is C21H34N2O5.